The van der Waals surface area contributed by atoms with Gasteiger partial charge in [-0.2, -0.15) is 0 Å². The fraction of sp³-hybridized carbons (Fsp3) is 0.500. The number of fused-ring (bicyclic) bond motifs is 1. The van der Waals surface area contributed by atoms with Gasteiger partial charge in [0.05, 0.1) is 5.54 Å². The number of likely N-dealkylation sites (tertiary alicyclic amines) is 1. The first-order valence-corrected chi connectivity index (χ1v) is 8.43. The van der Waals surface area contributed by atoms with Gasteiger partial charge in [-0.05, 0) is 30.5 Å². The Balaban J connectivity index is 1.71. The standard InChI is InChI=1S/C18H22FN3O/c19-15-5-3-14(4-6-15)12-18-13-20-7-10-22(18)17(23)11-16(18)21-8-1-2-9-21/h3-6,11,20H,1-2,7-10,12-13H2. The van der Waals surface area contributed by atoms with Gasteiger partial charge in [-0.3, -0.25) is 4.79 Å². The summed E-state index contributed by atoms with van der Waals surface area (Å²) in [4.78, 5) is 16.9. The molecular formula is C18H22FN3O. The van der Waals surface area contributed by atoms with Gasteiger partial charge in [0.2, 0.25) is 5.91 Å². The van der Waals surface area contributed by atoms with Crippen LogP contribution in [0.3, 0.4) is 0 Å². The van der Waals surface area contributed by atoms with Crippen LogP contribution in [0.4, 0.5) is 4.39 Å². The van der Waals surface area contributed by atoms with Crippen LogP contribution < -0.4 is 5.32 Å². The van der Waals surface area contributed by atoms with Crippen molar-refractivity contribution in [3.05, 3.63) is 47.4 Å². The van der Waals surface area contributed by atoms with Gasteiger partial charge in [-0.25, -0.2) is 4.39 Å². The quantitative estimate of drug-likeness (QED) is 0.919. The number of rotatable bonds is 3. The van der Waals surface area contributed by atoms with Gasteiger partial charge in [0, 0.05) is 50.9 Å². The first kappa shape index (κ1) is 14.7. The molecule has 1 aromatic carbocycles. The molecular weight excluding hydrogens is 293 g/mol. The van der Waals surface area contributed by atoms with E-state index in [4.69, 9.17) is 0 Å². The number of benzene rings is 1. The Kier molecular flexibility index (Phi) is 3.60. The van der Waals surface area contributed by atoms with Crippen molar-refractivity contribution in [2.75, 3.05) is 32.7 Å². The van der Waals surface area contributed by atoms with Crippen molar-refractivity contribution in [1.82, 2.24) is 15.1 Å². The molecule has 0 saturated carbocycles. The third-order valence-electron chi connectivity index (χ3n) is 5.31. The fourth-order valence-corrected chi connectivity index (χ4v) is 4.21. The predicted molar refractivity (Wildman–Crippen MR) is 86.3 cm³/mol. The number of halogens is 1. The van der Waals surface area contributed by atoms with Gasteiger partial charge in [-0.1, -0.05) is 12.1 Å². The van der Waals surface area contributed by atoms with E-state index in [1.807, 2.05) is 23.1 Å². The zero-order chi connectivity index (χ0) is 15.9. The Labute approximate surface area is 136 Å². The molecule has 1 N–H and O–H groups in total. The molecule has 1 aromatic rings. The van der Waals surface area contributed by atoms with Crippen molar-refractivity contribution < 1.29 is 9.18 Å². The summed E-state index contributed by atoms with van der Waals surface area (Å²) < 4.78 is 13.2. The topological polar surface area (TPSA) is 35.6 Å². The lowest BCUT2D eigenvalue weighted by Crippen LogP contribution is -2.63. The molecule has 1 amide bonds. The SMILES string of the molecule is O=C1C=C(N2CCCC2)C2(Cc3ccc(F)cc3)CNCCN12. The van der Waals surface area contributed by atoms with E-state index in [9.17, 15) is 9.18 Å². The van der Waals surface area contributed by atoms with Crippen molar-refractivity contribution in [2.45, 2.75) is 24.8 Å². The van der Waals surface area contributed by atoms with E-state index < -0.39 is 0 Å². The maximum atomic E-state index is 13.2. The molecule has 0 radical (unpaired) electrons. The second-order valence-corrected chi connectivity index (χ2v) is 6.73. The number of nitrogens with zero attached hydrogens (tertiary/aromatic N) is 2. The number of carbonyl (C=O) groups is 1. The molecule has 0 spiro atoms. The highest BCUT2D eigenvalue weighted by Gasteiger charge is 2.50. The average molecular weight is 315 g/mol. The van der Waals surface area contributed by atoms with Gasteiger partial charge >= 0.3 is 0 Å². The molecule has 1 atom stereocenters. The minimum atomic E-state index is -0.322. The maximum Gasteiger partial charge on any atom is 0.249 e. The van der Waals surface area contributed by atoms with Crippen LogP contribution >= 0.6 is 0 Å². The summed E-state index contributed by atoms with van der Waals surface area (Å²) in [7, 11) is 0. The van der Waals surface area contributed by atoms with E-state index in [1.54, 1.807) is 0 Å². The van der Waals surface area contributed by atoms with Crippen LogP contribution in [0, 0.1) is 5.82 Å². The molecule has 3 heterocycles. The van der Waals surface area contributed by atoms with Crippen LogP contribution in [0.5, 0.6) is 0 Å². The molecule has 4 nitrogen and oxygen atoms in total. The first-order valence-electron chi connectivity index (χ1n) is 8.43. The largest absolute Gasteiger partial charge is 0.373 e. The third kappa shape index (κ3) is 2.43. The smallest absolute Gasteiger partial charge is 0.249 e. The summed E-state index contributed by atoms with van der Waals surface area (Å²) in [6.45, 7) is 4.38. The summed E-state index contributed by atoms with van der Waals surface area (Å²) in [5.74, 6) is -0.0989. The van der Waals surface area contributed by atoms with Crippen LogP contribution in [0.15, 0.2) is 36.0 Å². The lowest BCUT2D eigenvalue weighted by Gasteiger charge is -2.47. The number of piperazine rings is 1. The number of hydrogen-bond acceptors (Lipinski definition) is 3. The summed E-state index contributed by atoms with van der Waals surface area (Å²) in [6.07, 6.45) is 4.94. The fourth-order valence-electron chi connectivity index (χ4n) is 4.21. The molecule has 4 rings (SSSR count). The lowest BCUT2D eigenvalue weighted by atomic mass is 9.85. The first-order chi connectivity index (χ1) is 11.2. The zero-order valence-electron chi connectivity index (χ0n) is 13.2. The zero-order valence-corrected chi connectivity index (χ0v) is 13.2. The van der Waals surface area contributed by atoms with E-state index in [0.29, 0.717) is 0 Å². The van der Waals surface area contributed by atoms with Crippen molar-refractivity contribution in [1.29, 1.82) is 0 Å². The molecule has 0 aliphatic carbocycles. The molecule has 122 valence electrons. The van der Waals surface area contributed by atoms with E-state index in [2.05, 4.69) is 10.2 Å². The Morgan fingerprint density at radius 1 is 1.13 bits per heavy atom. The Bertz CT molecular complexity index is 636. The summed E-state index contributed by atoms with van der Waals surface area (Å²) in [6, 6.07) is 6.67. The molecule has 1 unspecified atom stereocenters. The molecule has 5 heteroatoms. The highest BCUT2D eigenvalue weighted by molar-refractivity contribution is 5.93. The summed E-state index contributed by atoms with van der Waals surface area (Å²) >= 11 is 0. The lowest BCUT2D eigenvalue weighted by molar-refractivity contribution is -0.130. The molecule has 2 saturated heterocycles. The predicted octanol–water partition coefficient (Wildman–Crippen LogP) is 1.53. The highest BCUT2D eigenvalue weighted by atomic mass is 19.1. The van der Waals surface area contributed by atoms with Gasteiger partial charge < -0.3 is 15.1 Å². The van der Waals surface area contributed by atoms with Gasteiger partial charge in [-0.15, -0.1) is 0 Å². The van der Waals surface area contributed by atoms with E-state index in [-0.39, 0.29) is 17.3 Å². The van der Waals surface area contributed by atoms with Crippen molar-refractivity contribution in [3.8, 4) is 0 Å². The van der Waals surface area contributed by atoms with E-state index in [0.717, 1.165) is 50.4 Å². The van der Waals surface area contributed by atoms with Crippen LogP contribution in [0.1, 0.15) is 18.4 Å². The Hall–Kier alpha value is -1.88. The number of carbonyl (C=O) groups excluding carboxylic acids is 1. The minimum absolute atomic E-state index is 0.121. The minimum Gasteiger partial charge on any atom is -0.373 e. The van der Waals surface area contributed by atoms with Gasteiger partial charge in [0.1, 0.15) is 5.82 Å². The van der Waals surface area contributed by atoms with E-state index >= 15 is 0 Å². The Morgan fingerprint density at radius 2 is 1.87 bits per heavy atom. The second-order valence-electron chi connectivity index (χ2n) is 6.73. The third-order valence-corrected chi connectivity index (χ3v) is 5.31. The Morgan fingerprint density at radius 3 is 2.61 bits per heavy atom. The molecule has 23 heavy (non-hydrogen) atoms. The molecule has 3 aliphatic heterocycles. The van der Waals surface area contributed by atoms with Gasteiger partial charge in [0.15, 0.2) is 0 Å². The van der Waals surface area contributed by atoms with Crippen molar-refractivity contribution in [3.63, 3.8) is 0 Å². The summed E-state index contributed by atoms with van der Waals surface area (Å²) in [5, 5.41) is 3.47. The monoisotopic (exact) mass is 315 g/mol. The summed E-state index contributed by atoms with van der Waals surface area (Å²) in [5.41, 5.74) is 1.90. The number of hydrogen-bond donors (Lipinski definition) is 1. The van der Waals surface area contributed by atoms with E-state index in [1.165, 1.54) is 25.0 Å². The van der Waals surface area contributed by atoms with Crippen LogP contribution in [0.2, 0.25) is 0 Å². The van der Waals surface area contributed by atoms with Crippen LogP contribution in [-0.4, -0.2) is 54.0 Å². The maximum absolute atomic E-state index is 13.2. The number of nitrogens with one attached hydrogen (secondary N) is 1. The molecule has 0 aromatic heterocycles. The van der Waals surface area contributed by atoms with Crippen LogP contribution in [0.25, 0.3) is 0 Å². The van der Waals surface area contributed by atoms with Gasteiger partial charge in [0.25, 0.3) is 0 Å². The normalized spacial score (nSPS) is 27.3. The molecule has 2 fully saturated rings. The molecule has 0 bridgehead atoms. The van der Waals surface area contributed by atoms with Crippen molar-refractivity contribution in [2.24, 2.45) is 0 Å². The number of amides is 1. The highest BCUT2D eigenvalue weighted by Crippen LogP contribution is 2.39. The van der Waals surface area contributed by atoms with Crippen LogP contribution in [-0.2, 0) is 11.2 Å². The van der Waals surface area contributed by atoms with Crippen molar-refractivity contribution >= 4 is 5.91 Å². The molecule has 3 aliphatic rings. The average Bonchev–Trinajstić information content (AvgIpc) is 3.17. The second kappa shape index (κ2) is 5.64.